The Morgan fingerprint density at radius 3 is 2.17 bits per heavy atom. The van der Waals surface area contributed by atoms with Gasteiger partial charge in [-0.25, -0.2) is 0 Å². The summed E-state index contributed by atoms with van der Waals surface area (Å²) < 4.78 is 15.2. The van der Waals surface area contributed by atoms with Crippen molar-refractivity contribution in [2.45, 2.75) is 6.42 Å². The average molecular weight is 197 g/mol. The molecule has 0 unspecified atom stereocenters. The maximum atomic E-state index is 5.40. The molecule has 0 aliphatic carbocycles. The van der Waals surface area contributed by atoms with Crippen molar-refractivity contribution in [1.82, 2.24) is 0 Å². The molecular weight excluding hydrogens is 180 g/mol. The largest absolute Gasteiger partial charge is 0.385 e. The molecule has 0 saturated heterocycles. The van der Waals surface area contributed by atoms with Crippen LogP contribution in [-0.4, -0.2) is 46.0 Å². The molecule has 0 aromatic carbocycles. The maximum Gasteiger partial charge on any atom is 0.0701 e. The van der Waals surface area contributed by atoms with E-state index in [1.54, 1.807) is 7.11 Å². The minimum absolute atomic E-state index is 0.545. The molecule has 3 nitrogen and oxygen atoms in total. The van der Waals surface area contributed by atoms with E-state index in [2.05, 4.69) is 0 Å². The number of rotatable bonds is 9. The summed E-state index contributed by atoms with van der Waals surface area (Å²) in [7, 11) is 1.68. The zero-order chi connectivity index (χ0) is 9.07. The van der Waals surface area contributed by atoms with Crippen molar-refractivity contribution in [3.63, 3.8) is 0 Å². The number of hydrogen-bond donors (Lipinski definition) is 0. The zero-order valence-corrected chi connectivity index (χ0v) is 8.31. The van der Waals surface area contributed by atoms with Gasteiger partial charge in [-0.1, -0.05) is 0 Å². The highest BCUT2D eigenvalue weighted by atomic mass is 35.5. The number of alkyl halides is 1. The van der Waals surface area contributed by atoms with Crippen molar-refractivity contribution in [3.8, 4) is 0 Å². The third-order valence-corrected chi connectivity index (χ3v) is 1.38. The Morgan fingerprint density at radius 1 is 0.917 bits per heavy atom. The first-order chi connectivity index (χ1) is 5.91. The quantitative estimate of drug-likeness (QED) is 0.411. The Kier molecular flexibility index (Phi) is 11.3. The monoisotopic (exact) mass is 196 g/mol. The number of ether oxygens (including phenoxy) is 3. The second-order valence-corrected chi connectivity index (χ2v) is 2.64. The molecule has 0 bridgehead atoms. The summed E-state index contributed by atoms with van der Waals surface area (Å²) in [5, 5.41) is 0. The Balaban J connectivity index is 2.73. The molecule has 12 heavy (non-hydrogen) atoms. The van der Waals surface area contributed by atoms with E-state index in [-0.39, 0.29) is 0 Å². The molecule has 0 N–H and O–H groups in total. The van der Waals surface area contributed by atoms with Crippen LogP contribution in [0.4, 0.5) is 0 Å². The molecule has 0 spiro atoms. The molecule has 4 heteroatoms. The summed E-state index contributed by atoms with van der Waals surface area (Å²) in [6, 6.07) is 0. The number of hydrogen-bond acceptors (Lipinski definition) is 3. The molecule has 0 saturated carbocycles. The zero-order valence-electron chi connectivity index (χ0n) is 7.55. The minimum atomic E-state index is 0.545. The van der Waals surface area contributed by atoms with E-state index in [0.717, 1.165) is 19.6 Å². The first-order valence-corrected chi connectivity index (χ1v) is 4.65. The second-order valence-electron chi connectivity index (χ2n) is 2.26. The predicted octanol–water partition coefficient (Wildman–Crippen LogP) is 1.29. The first-order valence-electron chi connectivity index (χ1n) is 4.12. The summed E-state index contributed by atoms with van der Waals surface area (Å²) in [4.78, 5) is 0. The molecular formula is C8H17ClO3. The molecule has 0 aromatic heterocycles. The van der Waals surface area contributed by atoms with Gasteiger partial charge in [0.05, 0.1) is 19.8 Å². The van der Waals surface area contributed by atoms with Crippen LogP contribution in [0.2, 0.25) is 0 Å². The molecule has 0 rings (SSSR count). The molecule has 74 valence electrons. The minimum Gasteiger partial charge on any atom is -0.385 e. The van der Waals surface area contributed by atoms with Crippen LogP contribution >= 0.6 is 11.6 Å². The molecule has 0 amide bonds. The van der Waals surface area contributed by atoms with E-state index in [4.69, 9.17) is 25.8 Å². The standard InChI is InChI=1S/C8H17ClO3/c1-10-4-2-5-11-7-8-12-6-3-9/h2-8H2,1H3. The molecule has 0 atom stereocenters. The van der Waals surface area contributed by atoms with Gasteiger partial charge < -0.3 is 14.2 Å². The summed E-state index contributed by atoms with van der Waals surface area (Å²) in [5.41, 5.74) is 0. The van der Waals surface area contributed by atoms with Crippen LogP contribution in [0, 0.1) is 0 Å². The van der Waals surface area contributed by atoms with E-state index in [9.17, 15) is 0 Å². The number of halogens is 1. The lowest BCUT2D eigenvalue weighted by molar-refractivity contribution is 0.0447. The van der Waals surface area contributed by atoms with Gasteiger partial charge in [0.1, 0.15) is 0 Å². The Labute approximate surface area is 78.9 Å². The summed E-state index contributed by atoms with van der Waals surface area (Å²) >= 11 is 5.40. The lowest BCUT2D eigenvalue weighted by atomic mass is 10.5. The van der Waals surface area contributed by atoms with E-state index in [1.165, 1.54) is 0 Å². The Morgan fingerprint density at radius 2 is 1.58 bits per heavy atom. The molecule has 0 aromatic rings. The maximum absolute atomic E-state index is 5.40. The third kappa shape index (κ3) is 10.2. The Hall–Kier alpha value is 0.170. The van der Waals surface area contributed by atoms with Gasteiger partial charge in [-0.3, -0.25) is 0 Å². The predicted molar refractivity (Wildman–Crippen MR) is 48.9 cm³/mol. The van der Waals surface area contributed by atoms with Crippen LogP contribution < -0.4 is 0 Å². The summed E-state index contributed by atoms with van der Waals surface area (Å²) in [6.07, 6.45) is 0.937. The van der Waals surface area contributed by atoms with Crippen molar-refractivity contribution in [2.75, 3.05) is 46.0 Å². The highest BCUT2D eigenvalue weighted by Gasteiger charge is 1.89. The van der Waals surface area contributed by atoms with Gasteiger partial charge in [0.2, 0.25) is 0 Å². The lowest BCUT2D eigenvalue weighted by Gasteiger charge is -2.03. The van der Waals surface area contributed by atoms with E-state index < -0.39 is 0 Å². The molecule has 0 radical (unpaired) electrons. The van der Waals surface area contributed by atoms with Gasteiger partial charge in [-0.05, 0) is 6.42 Å². The van der Waals surface area contributed by atoms with Crippen LogP contribution in [0.25, 0.3) is 0 Å². The normalized spacial score (nSPS) is 10.5. The van der Waals surface area contributed by atoms with Crippen LogP contribution in [0.3, 0.4) is 0 Å². The molecule has 0 aliphatic heterocycles. The smallest absolute Gasteiger partial charge is 0.0701 e. The van der Waals surface area contributed by atoms with E-state index >= 15 is 0 Å². The fourth-order valence-electron chi connectivity index (χ4n) is 0.682. The molecule has 0 fully saturated rings. The van der Waals surface area contributed by atoms with Crippen LogP contribution in [-0.2, 0) is 14.2 Å². The lowest BCUT2D eigenvalue weighted by Crippen LogP contribution is -2.07. The van der Waals surface area contributed by atoms with Gasteiger partial charge in [-0.15, -0.1) is 11.6 Å². The summed E-state index contributed by atoms with van der Waals surface area (Å²) in [6.45, 7) is 3.35. The SMILES string of the molecule is COCCCOCCOCCCl. The van der Waals surface area contributed by atoms with Crippen LogP contribution in [0.1, 0.15) is 6.42 Å². The fraction of sp³-hybridized carbons (Fsp3) is 1.00. The van der Waals surface area contributed by atoms with Gasteiger partial charge in [0.25, 0.3) is 0 Å². The summed E-state index contributed by atoms with van der Waals surface area (Å²) in [5.74, 6) is 0.545. The van der Waals surface area contributed by atoms with Gasteiger partial charge >= 0.3 is 0 Å². The fourth-order valence-corrected chi connectivity index (χ4v) is 0.791. The van der Waals surface area contributed by atoms with Crippen molar-refractivity contribution in [3.05, 3.63) is 0 Å². The number of methoxy groups -OCH3 is 1. The van der Waals surface area contributed by atoms with Crippen molar-refractivity contribution in [2.24, 2.45) is 0 Å². The average Bonchev–Trinajstić information content (AvgIpc) is 2.10. The highest BCUT2D eigenvalue weighted by molar-refractivity contribution is 6.17. The van der Waals surface area contributed by atoms with E-state index in [1.807, 2.05) is 0 Å². The topological polar surface area (TPSA) is 27.7 Å². The molecule has 0 heterocycles. The van der Waals surface area contributed by atoms with Gasteiger partial charge in [0, 0.05) is 26.2 Å². The van der Waals surface area contributed by atoms with Crippen molar-refractivity contribution < 1.29 is 14.2 Å². The van der Waals surface area contributed by atoms with E-state index in [0.29, 0.717) is 25.7 Å². The van der Waals surface area contributed by atoms with Gasteiger partial charge in [-0.2, -0.15) is 0 Å². The third-order valence-electron chi connectivity index (χ3n) is 1.23. The van der Waals surface area contributed by atoms with Crippen LogP contribution in [0.15, 0.2) is 0 Å². The van der Waals surface area contributed by atoms with Gasteiger partial charge in [0.15, 0.2) is 0 Å². The molecule has 0 aliphatic rings. The second kappa shape index (κ2) is 11.2. The Bertz CT molecular complexity index is 70.7. The highest BCUT2D eigenvalue weighted by Crippen LogP contribution is 1.84. The first kappa shape index (κ1) is 12.2. The van der Waals surface area contributed by atoms with Crippen LogP contribution in [0.5, 0.6) is 0 Å². The van der Waals surface area contributed by atoms with Crippen molar-refractivity contribution >= 4 is 11.6 Å². The van der Waals surface area contributed by atoms with Crippen molar-refractivity contribution in [1.29, 1.82) is 0 Å².